The van der Waals surface area contributed by atoms with Crippen molar-refractivity contribution >= 4 is 18.4 Å². The van der Waals surface area contributed by atoms with Crippen LogP contribution in [0.2, 0.25) is 11.6 Å². The lowest BCUT2D eigenvalue weighted by Crippen LogP contribution is -2.59. The summed E-state index contributed by atoms with van der Waals surface area (Å²) in [6, 6.07) is 35.8. The molecule has 1 aliphatic rings. The van der Waals surface area contributed by atoms with Crippen LogP contribution in [0.4, 0.5) is 0 Å². The first-order chi connectivity index (χ1) is 14.3. The quantitative estimate of drug-likeness (QED) is 0.301. The molecule has 4 rings (SSSR count). The topological polar surface area (TPSA) is 0 Å². The fraction of sp³-hybridized carbons (Fsp3) is 0.357. The van der Waals surface area contributed by atoms with Crippen molar-refractivity contribution < 1.29 is 0 Å². The van der Waals surface area contributed by atoms with Crippen LogP contribution in [0.25, 0.3) is 0 Å². The molecule has 0 nitrogen and oxygen atoms in total. The molecule has 3 aromatic carbocycles. The van der Waals surface area contributed by atoms with Gasteiger partial charge in [0.25, 0.3) is 0 Å². The molecule has 0 N–H and O–H groups in total. The first kappa shape index (κ1) is 20.2. The average molecular weight is 399 g/mol. The van der Waals surface area contributed by atoms with Gasteiger partial charge in [-0.05, 0) is 29.5 Å². The number of hydrogen-bond acceptors (Lipinski definition) is 0. The lowest BCUT2D eigenvalue weighted by molar-refractivity contribution is 0.461. The average Bonchev–Trinajstić information content (AvgIpc) is 3.15. The van der Waals surface area contributed by atoms with E-state index in [1.54, 1.807) is 10.4 Å². The Balaban J connectivity index is 1.75. The molecule has 3 aromatic rings. The monoisotopic (exact) mass is 398 g/mol. The minimum absolute atomic E-state index is 0.807. The Morgan fingerprint density at radius 3 is 1.83 bits per heavy atom. The van der Waals surface area contributed by atoms with Gasteiger partial charge in [-0.1, -0.05) is 140 Å². The summed E-state index contributed by atoms with van der Waals surface area (Å²) in [5.41, 5.74) is 2.35. The lowest BCUT2D eigenvalue weighted by Gasteiger charge is -2.37. The summed E-state index contributed by atoms with van der Waals surface area (Å²) in [7, 11) is -1.78. The van der Waals surface area contributed by atoms with Crippen molar-refractivity contribution in [3.63, 3.8) is 0 Å². The lowest BCUT2D eigenvalue weighted by atomic mass is 9.91. The van der Waals surface area contributed by atoms with Gasteiger partial charge in [-0.25, -0.2) is 0 Å². The maximum absolute atomic E-state index is 2.44. The van der Waals surface area contributed by atoms with Crippen molar-refractivity contribution in [3.8, 4) is 0 Å². The summed E-state index contributed by atoms with van der Waals surface area (Å²) in [5.74, 6) is 0.807. The smallest absolute Gasteiger partial charge is 0.0654 e. The van der Waals surface area contributed by atoms with E-state index in [0.717, 1.165) is 11.5 Å². The van der Waals surface area contributed by atoms with E-state index in [-0.39, 0.29) is 0 Å². The fourth-order valence-corrected chi connectivity index (χ4v) is 12.1. The Kier molecular flexibility index (Phi) is 6.66. The molecule has 1 fully saturated rings. The highest BCUT2D eigenvalue weighted by molar-refractivity contribution is 7.03. The van der Waals surface area contributed by atoms with Gasteiger partial charge in [-0.2, -0.15) is 0 Å². The highest BCUT2D eigenvalue weighted by Gasteiger charge is 2.51. The maximum Gasteiger partial charge on any atom is 0.121 e. The number of benzene rings is 3. The van der Waals surface area contributed by atoms with Gasteiger partial charge >= 0.3 is 0 Å². The summed E-state index contributed by atoms with van der Waals surface area (Å²) in [6.45, 7) is 2.33. The van der Waals surface area contributed by atoms with Crippen molar-refractivity contribution in [1.29, 1.82) is 0 Å². The van der Waals surface area contributed by atoms with E-state index in [1.807, 2.05) is 0 Å². The molecule has 0 aliphatic carbocycles. The van der Waals surface area contributed by atoms with Crippen LogP contribution in [0, 0.1) is 5.92 Å². The molecule has 0 spiro atoms. The normalized spacial score (nSPS) is 20.6. The van der Waals surface area contributed by atoms with Crippen LogP contribution in [0.1, 0.15) is 44.6 Å². The van der Waals surface area contributed by atoms with Crippen molar-refractivity contribution in [2.45, 2.75) is 57.0 Å². The van der Waals surface area contributed by atoms with E-state index in [0.29, 0.717) is 0 Å². The van der Waals surface area contributed by atoms with Crippen LogP contribution < -0.4 is 10.4 Å². The first-order valence-corrected chi connectivity index (χ1v) is 13.8. The van der Waals surface area contributed by atoms with Crippen molar-refractivity contribution in [2.24, 2.45) is 5.92 Å². The van der Waals surface area contributed by atoms with E-state index in [1.165, 1.54) is 50.1 Å². The minimum Gasteiger partial charge on any atom is -0.0654 e. The molecular formula is C28H34Si. The summed E-state index contributed by atoms with van der Waals surface area (Å²) < 4.78 is 0. The van der Waals surface area contributed by atoms with Crippen molar-refractivity contribution in [1.82, 2.24) is 0 Å². The predicted molar refractivity (Wildman–Crippen MR) is 129 cm³/mol. The third-order valence-electron chi connectivity index (χ3n) is 7.15. The number of hydrogen-bond donors (Lipinski definition) is 0. The van der Waals surface area contributed by atoms with Crippen LogP contribution in [0.3, 0.4) is 0 Å². The Hall–Kier alpha value is -2.12. The predicted octanol–water partition coefficient (Wildman–Crippen LogP) is 6.46. The molecule has 0 radical (unpaired) electrons. The highest BCUT2D eigenvalue weighted by Crippen LogP contribution is 2.48. The fourth-order valence-electron chi connectivity index (χ4n) is 5.81. The molecule has 1 heterocycles. The van der Waals surface area contributed by atoms with Crippen LogP contribution in [-0.4, -0.2) is 8.07 Å². The van der Waals surface area contributed by atoms with Gasteiger partial charge in [-0.3, -0.25) is 0 Å². The van der Waals surface area contributed by atoms with Gasteiger partial charge in [0.05, 0.1) is 0 Å². The zero-order valence-electron chi connectivity index (χ0n) is 17.8. The molecule has 0 unspecified atom stereocenters. The third-order valence-corrected chi connectivity index (χ3v) is 13.0. The Bertz CT molecular complexity index is 817. The van der Waals surface area contributed by atoms with E-state index >= 15 is 0 Å². The van der Waals surface area contributed by atoms with E-state index in [2.05, 4.69) is 97.9 Å². The second-order valence-electron chi connectivity index (χ2n) is 8.79. The second kappa shape index (κ2) is 9.58. The van der Waals surface area contributed by atoms with Crippen LogP contribution in [0.15, 0.2) is 91.0 Å². The zero-order valence-corrected chi connectivity index (χ0v) is 18.8. The zero-order chi connectivity index (χ0) is 19.9. The molecule has 1 saturated heterocycles. The molecule has 2 atom stereocenters. The summed E-state index contributed by atoms with van der Waals surface area (Å²) >= 11 is 0. The van der Waals surface area contributed by atoms with Gasteiger partial charge in [0.1, 0.15) is 8.07 Å². The third kappa shape index (κ3) is 4.26. The van der Waals surface area contributed by atoms with Gasteiger partial charge in [0.15, 0.2) is 0 Å². The number of rotatable bonds is 8. The van der Waals surface area contributed by atoms with Crippen LogP contribution in [-0.2, 0) is 6.42 Å². The van der Waals surface area contributed by atoms with E-state index in [9.17, 15) is 0 Å². The minimum atomic E-state index is -1.78. The van der Waals surface area contributed by atoms with Crippen molar-refractivity contribution in [3.05, 3.63) is 96.6 Å². The van der Waals surface area contributed by atoms with Crippen LogP contribution >= 0.6 is 0 Å². The molecule has 1 aliphatic heterocycles. The molecule has 0 amide bonds. The molecule has 0 bridgehead atoms. The molecule has 150 valence electrons. The summed E-state index contributed by atoms with van der Waals surface area (Å²) in [4.78, 5) is 0. The molecule has 1 heteroatoms. The SMILES string of the molecule is CCCCC[C@H]1[C@H](Cc2ccccc2)CC[Si]1(c1ccccc1)c1ccccc1. The molecular weight excluding hydrogens is 364 g/mol. The van der Waals surface area contributed by atoms with Crippen LogP contribution in [0.5, 0.6) is 0 Å². The Labute approximate surface area is 178 Å². The first-order valence-electron chi connectivity index (χ1n) is 11.5. The summed E-state index contributed by atoms with van der Waals surface area (Å²) in [6.07, 6.45) is 8.06. The van der Waals surface area contributed by atoms with Gasteiger partial charge < -0.3 is 0 Å². The van der Waals surface area contributed by atoms with Gasteiger partial charge in [0.2, 0.25) is 0 Å². The van der Waals surface area contributed by atoms with E-state index < -0.39 is 8.07 Å². The Morgan fingerprint density at radius 2 is 1.28 bits per heavy atom. The van der Waals surface area contributed by atoms with Gasteiger partial charge in [0, 0.05) is 0 Å². The molecule has 0 saturated carbocycles. The largest absolute Gasteiger partial charge is 0.121 e. The molecule has 0 aromatic heterocycles. The maximum atomic E-state index is 2.44. The standard InChI is InChI=1S/C28H34Si/c1-2-3-7-20-28-25(23-24-14-8-4-9-15-24)21-22-29(28,26-16-10-5-11-17-26)27-18-12-6-13-19-27/h4-6,8-19,25,28H,2-3,7,20-23H2,1H3/t25-,28-/m0/s1. The van der Waals surface area contributed by atoms with Gasteiger partial charge in [-0.15, -0.1) is 0 Å². The highest BCUT2D eigenvalue weighted by atomic mass is 28.3. The van der Waals surface area contributed by atoms with E-state index in [4.69, 9.17) is 0 Å². The van der Waals surface area contributed by atoms with Crippen molar-refractivity contribution in [2.75, 3.05) is 0 Å². The summed E-state index contributed by atoms with van der Waals surface area (Å²) in [5, 5.41) is 3.31. The molecule has 29 heavy (non-hydrogen) atoms. The second-order valence-corrected chi connectivity index (χ2v) is 13.1. The number of unbranched alkanes of at least 4 members (excludes halogenated alkanes) is 2. The Morgan fingerprint density at radius 1 is 0.724 bits per heavy atom.